The molecule has 0 N–H and O–H groups in total. The lowest BCUT2D eigenvalue weighted by molar-refractivity contribution is -0.175. The van der Waals surface area contributed by atoms with Gasteiger partial charge in [0.25, 0.3) is 0 Å². The first-order chi connectivity index (χ1) is 8.81. The molecule has 0 atom stereocenters. The summed E-state index contributed by atoms with van der Waals surface area (Å²) in [7, 11) is 0. The standard InChI is InChI=1S/C15H11FO2/c16-18-15(17)14(13-9-5-2-6-10-13)11-12-7-3-1-4-8-12/h1-11H. The van der Waals surface area contributed by atoms with Crippen LogP contribution < -0.4 is 0 Å². The van der Waals surface area contributed by atoms with Gasteiger partial charge in [0, 0.05) is 4.53 Å². The number of rotatable bonds is 3. The van der Waals surface area contributed by atoms with E-state index in [-0.39, 0.29) is 5.57 Å². The van der Waals surface area contributed by atoms with Gasteiger partial charge < -0.3 is 0 Å². The Balaban J connectivity index is 2.44. The molecule has 0 saturated heterocycles. The Morgan fingerprint density at radius 3 is 2.06 bits per heavy atom. The molecule has 0 fully saturated rings. The molecule has 0 aliphatic carbocycles. The van der Waals surface area contributed by atoms with Crippen molar-refractivity contribution in [3.05, 3.63) is 71.8 Å². The van der Waals surface area contributed by atoms with Gasteiger partial charge in [-0.15, -0.1) is 0 Å². The SMILES string of the molecule is O=C(OF)C(=Cc1ccccc1)c1ccccc1. The average molecular weight is 242 g/mol. The summed E-state index contributed by atoms with van der Waals surface area (Å²) in [5.74, 6) is -0.995. The molecular weight excluding hydrogens is 231 g/mol. The summed E-state index contributed by atoms with van der Waals surface area (Å²) in [4.78, 5) is 14.8. The molecule has 2 aromatic rings. The molecule has 0 amide bonds. The van der Waals surface area contributed by atoms with E-state index in [1.165, 1.54) is 0 Å². The second-order valence-corrected chi connectivity index (χ2v) is 3.70. The highest BCUT2D eigenvalue weighted by molar-refractivity contribution is 6.21. The van der Waals surface area contributed by atoms with Crippen LogP contribution in [0.1, 0.15) is 11.1 Å². The summed E-state index contributed by atoms with van der Waals surface area (Å²) >= 11 is 0. The van der Waals surface area contributed by atoms with Crippen LogP contribution in [0.3, 0.4) is 0 Å². The van der Waals surface area contributed by atoms with E-state index in [1.807, 2.05) is 36.4 Å². The molecular formula is C15H11FO2. The van der Waals surface area contributed by atoms with Crippen LogP contribution in [-0.4, -0.2) is 5.97 Å². The summed E-state index contributed by atoms with van der Waals surface area (Å²) < 4.78 is 12.1. The van der Waals surface area contributed by atoms with E-state index in [0.717, 1.165) is 5.56 Å². The Hall–Kier alpha value is -2.42. The Morgan fingerprint density at radius 2 is 1.50 bits per heavy atom. The van der Waals surface area contributed by atoms with Crippen LogP contribution in [0, 0.1) is 0 Å². The van der Waals surface area contributed by atoms with Gasteiger partial charge >= 0.3 is 5.97 Å². The number of benzene rings is 2. The third-order valence-corrected chi connectivity index (χ3v) is 2.49. The number of halogens is 1. The fourth-order valence-corrected chi connectivity index (χ4v) is 1.64. The highest BCUT2D eigenvalue weighted by atomic mass is 19.3. The summed E-state index contributed by atoms with van der Waals surface area (Å²) in [5.41, 5.74) is 1.61. The van der Waals surface area contributed by atoms with Gasteiger partial charge in [-0.2, -0.15) is 0 Å². The topological polar surface area (TPSA) is 26.3 Å². The monoisotopic (exact) mass is 242 g/mol. The third kappa shape index (κ3) is 2.83. The maximum atomic E-state index is 12.1. The lowest BCUT2D eigenvalue weighted by atomic mass is 10.0. The predicted molar refractivity (Wildman–Crippen MR) is 68.0 cm³/mol. The molecule has 3 heteroatoms. The first-order valence-corrected chi connectivity index (χ1v) is 5.46. The van der Waals surface area contributed by atoms with Crippen LogP contribution >= 0.6 is 0 Å². The van der Waals surface area contributed by atoms with Crippen molar-refractivity contribution in [1.82, 2.24) is 0 Å². The molecule has 0 bridgehead atoms. The maximum Gasteiger partial charge on any atom is 0.380 e. The number of carbonyl (C=O) groups excluding carboxylic acids is 1. The van der Waals surface area contributed by atoms with Gasteiger partial charge in [-0.1, -0.05) is 60.7 Å². The molecule has 0 saturated carbocycles. The molecule has 0 spiro atoms. The molecule has 0 heterocycles. The van der Waals surface area contributed by atoms with Crippen molar-refractivity contribution in [3.63, 3.8) is 0 Å². The summed E-state index contributed by atoms with van der Waals surface area (Å²) in [6.45, 7) is 0. The third-order valence-electron chi connectivity index (χ3n) is 2.49. The lowest BCUT2D eigenvalue weighted by Crippen LogP contribution is -2.01. The minimum Gasteiger partial charge on any atom is -0.249 e. The van der Waals surface area contributed by atoms with Gasteiger partial charge in [0.1, 0.15) is 0 Å². The smallest absolute Gasteiger partial charge is 0.249 e. The molecule has 0 aliphatic rings. The van der Waals surface area contributed by atoms with Gasteiger partial charge in [-0.05, 0) is 17.2 Å². The fourth-order valence-electron chi connectivity index (χ4n) is 1.64. The fraction of sp³-hybridized carbons (Fsp3) is 0. The first kappa shape index (κ1) is 12.0. The van der Waals surface area contributed by atoms with Crippen molar-refractivity contribution >= 4 is 17.6 Å². The second-order valence-electron chi connectivity index (χ2n) is 3.70. The number of carbonyl (C=O) groups is 1. The van der Waals surface area contributed by atoms with E-state index in [9.17, 15) is 9.32 Å². The number of hydrogen-bond acceptors (Lipinski definition) is 2. The second kappa shape index (κ2) is 5.77. The Labute approximate surface area is 104 Å². The number of hydrogen-bond donors (Lipinski definition) is 0. The van der Waals surface area contributed by atoms with Crippen molar-refractivity contribution in [2.45, 2.75) is 0 Å². The molecule has 18 heavy (non-hydrogen) atoms. The van der Waals surface area contributed by atoms with Gasteiger partial charge in [0.15, 0.2) is 0 Å². The maximum absolute atomic E-state index is 12.1. The zero-order valence-corrected chi connectivity index (χ0v) is 9.55. The van der Waals surface area contributed by atoms with Gasteiger partial charge in [0.05, 0.1) is 5.57 Å². The van der Waals surface area contributed by atoms with Crippen molar-refractivity contribution < 1.29 is 14.3 Å². The normalized spacial score (nSPS) is 11.1. The molecule has 2 aromatic carbocycles. The van der Waals surface area contributed by atoms with Crippen molar-refractivity contribution in [1.29, 1.82) is 0 Å². The highest BCUT2D eigenvalue weighted by Gasteiger charge is 2.14. The Morgan fingerprint density at radius 1 is 0.944 bits per heavy atom. The summed E-state index contributed by atoms with van der Waals surface area (Å²) in [5, 5.41) is 0. The van der Waals surface area contributed by atoms with Crippen molar-refractivity contribution in [2.75, 3.05) is 0 Å². The molecule has 90 valence electrons. The van der Waals surface area contributed by atoms with Crippen LogP contribution in [-0.2, 0) is 9.74 Å². The van der Waals surface area contributed by atoms with E-state index in [4.69, 9.17) is 0 Å². The molecule has 0 aromatic heterocycles. The van der Waals surface area contributed by atoms with Gasteiger partial charge in [-0.3, -0.25) is 0 Å². The van der Waals surface area contributed by atoms with Crippen LogP contribution in [0.2, 0.25) is 0 Å². The van der Waals surface area contributed by atoms with Crippen LogP contribution in [0.4, 0.5) is 4.53 Å². The van der Waals surface area contributed by atoms with E-state index >= 15 is 0 Å². The molecule has 0 aliphatic heterocycles. The van der Waals surface area contributed by atoms with Crippen LogP contribution in [0.5, 0.6) is 0 Å². The van der Waals surface area contributed by atoms with E-state index in [1.54, 1.807) is 30.3 Å². The zero-order chi connectivity index (χ0) is 12.8. The van der Waals surface area contributed by atoms with E-state index < -0.39 is 5.97 Å². The molecule has 0 unspecified atom stereocenters. The molecule has 2 rings (SSSR count). The minimum absolute atomic E-state index is 0.185. The quantitative estimate of drug-likeness (QED) is 0.606. The van der Waals surface area contributed by atoms with Crippen molar-refractivity contribution in [2.24, 2.45) is 0 Å². The van der Waals surface area contributed by atoms with Gasteiger partial charge in [0.2, 0.25) is 0 Å². The highest BCUT2D eigenvalue weighted by Crippen LogP contribution is 2.19. The Bertz CT molecular complexity index is 547. The molecule has 2 nitrogen and oxygen atoms in total. The van der Waals surface area contributed by atoms with E-state index in [0.29, 0.717) is 5.56 Å². The summed E-state index contributed by atoms with van der Waals surface area (Å²) in [6.07, 6.45) is 1.59. The Kier molecular flexibility index (Phi) is 3.86. The largest absolute Gasteiger partial charge is 0.380 e. The van der Waals surface area contributed by atoms with Crippen molar-refractivity contribution in [3.8, 4) is 0 Å². The average Bonchev–Trinajstić information content (AvgIpc) is 2.46. The zero-order valence-electron chi connectivity index (χ0n) is 9.55. The predicted octanol–water partition coefficient (Wildman–Crippen LogP) is 3.65. The lowest BCUT2D eigenvalue weighted by Gasteiger charge is -2.03. The first-order valence-electron chi connectivity index (χ1n) is 5.46. The summed E-state index contributed by atoms with van der Waals surface area (Å²) in [6, 6.07) is 18.0. The van der Waals surface area contributed by atoms with Crippen LogP contribution in [0.25, 0.3) is 11.6 Å². The minimum atomic E-state index is -0.995. The molecule has 0 radical (unpaired) electrons. The van der Waals surface area contributed by atoms with E-state index in [2.05, 4.69) is 4.94 Å². The van der Waals surface area contributed by atoms with Gasteiger partial charge in [-0.25, -0.2) is 9.74 Å². The van der Waals surface area contributed by atoms with Crippen LogP contribution in [0.15, 0.2) is 60.7 Å².